The Balaban J connectivity index is 1.50. The SMILES string of the molecule is O=CC1CCC(c2cc3cc(NC(=O)c4cccc(C(F)(F)F)n4)ccn3n2)CC1. The van der Waals surface area contributed by atoms with Gasteiger partial charge in [0.15, 0.2) is 0 Å². The maximum absolute atomic E-state index is 12.8. The first-order valence-electron chi connectivity index (χ1n) is 9.64. The molecule has 0 atom stereocenters. The minimum absolute atomic E-state index is 0.129. The Morgan fingerprint density at radius 1 is 1.13 bits per heavy atom. The number of carbonyl (C=O) groups is 2. The van der Waals surface area contributed by atoms with Crippen molar-refractivity contribution in [1.82, 2.24) is 14.6 Å². The molecule has 1 fully saturated rings. The van der Waals surface area contributed by atoms with E-state index in [1.165, 1.54) is 6.07 Å². The molecule has 1 aliphatic rings. The number of hydrogen-bond donors (Lipinski definition) is 1. The van der Waals surface area contributed by atoms with Crippen molar-refractivity contribution in [3.8, 4) is 0 Å². The number of amides is 1. The molecule has 0 spiro atoms. The Morgan fingerprint density at radius 3 is 2.60 bits per heavy atom. The Bertz CT molecular complexity index is 1090. The summed E-state index contributed by atoms with van der Waals surface area (Å²) in [5.74, 6) is -0.310. The molecule has 3 heterocycles. The number of halogens is 3. The van der Waals surface area contributed by atoms with E-state index in [1.807, 2.05) is 6.07 Å². The molecule has 3 aromatic rings. The number of carbonyl (C=O) groups excluding carboxylic acids is 2. The third-order valence-electron chi connectivity index (χ3n) is 5.39. The molecule has 0 bridgehead atoms. The van der Waals surface area contributed by atoms with E-state index in [-0.39, 0.29) is 17.5 Å². The second-order valence-corrected chi connectivity index (χ2v) is 7.46. The van der Waals surface area contributed by atoms with E-state index in [0.29, 0.717) is 5.69 Å². The number of alkyl halides is 3. The predicted octanol–water partition coefficient (Wildman–Crippen LogP) is 4.47. The van der Waals surface area contributed by atoms with Gasteiger partial charge in [-0.3, -0.25) is 4.79 Å². The summed E-state index contributed by atoms with van der Waals surface area (Å²) >= 11 is 0. The Labute approximate surface area is 170 Å². The Hall–Kier alpha value is -3.23. The van der Waals surface area contributed by atoms with E-state index in [1.54, 1.807) is 22.8 Å². The molecule has 9 heteroatoms. The van der Waals surface area contributed by atoms with Gasteiger partial charge in [-0.25, -0.2) is 9.50 Å². The van der Waals surface area contributed by atoms with Gasteiger partial charge in [-0.05, 0) is 56.0 Å². The number of fused-ring (bicyclic) bond motifs is 1. The molecule has 0 aromatic carbocycles. The minimum atomic E-state index is -4.62. The monoisotopic (exact) mass is 416 g/mol. The molecule has 0 saturated heterocycles. The van der Waals surface area contributed by atoms with Gasteiger partial charge in [0.2, 0.25) is 0 Å². The summed E-state index contributed by atoms with van der Waals surface area (Å²) in [7, 11) is 0. The van der Waals surface area contributed by atoms with Crippen LogP contribution in [0.4, 0.5) is 18.9 Å². The third-order valence-corrected chi connectivity index (χ3v) is 5.39. The molecule has 0 radical (unpaired) electrons. The van der Waals surface area contributed by atoms with Crippen molar-refractivity contribution in [1.29, 1.82) is 0 Å². The second-order valence-electron chi connectivity index (χ2n) is 7.46. The number of pyridine rings is 2. The summed E-state index contributed by atoms with van der Waals surface area (Å²) in [6.07, 6.45) is 1.60. The van der Waals surface area contributed by atoms with Crippen LogP contribution in [0, 0.1) is 5.92 Å². The Kier molecular flexibility index (Phi) is 5.27. The highest BCUT2D eigenvalue weighted by Crippen LogP contribution is 2.35. The van der Waals surface area contributed by atoms with Crippen LogP contribution in [0.2, 0.25) is 0 Å². The van der Waals surface area contributed by atoms with Crippen molar-refractivity contribution >= 4 is 23.4 Å². The minimum Gasteiger partial charge on any atom is -0.321 e. The smallest absolute Gasteiger partial charge is 0.321 e. The third kappa shape index (κ3) is 4.19. The lowest BCUT2D eigenvalue weighted by Crippen LogP contribution is -2.17. The number of nitrogens with zero attached hydrogens (tertiary/aromatic N) is 3. The molecule has 0 aliphatic heterocycles. The van der Waals surface area contributed by atoms with E-state index in [9.17, 15) is 22.8 Å². The average molecular weight is 416 g/mol. The highest BCUT2D eigenvalue weighted by molar-refractivity contribution is 6.03. The standard InChI is InChI=1S/C21H19F3N4O2/c22-21(23,24)19-3-1-2-17(26-19)20(30)25-15-8-9-28-16(10-15)11-18(27-28)14-6-4-13(12-29)5-7-14/h1-3,8-14H,4-7H2,(H,25,30). The molecule has 30 heavy (non-hydrogen) atoms. The summed E-state index contributed by atoms with van der Waals surface area (Å²) in [5, 5.41) is 7.17. The second kappa shape index (κ2) is 7.89. The van der Waals surface area contributed by atoms with Crippen LogP contribution in [-0.4, -0.2) is 26.8 Å². The first-order valence-corrected chi connectivity index (χ1v) is 9.64. The van der Waals surface area contributed by atoms with Crippen LogP contribution in [0.3, 0.4) is 0 Å². The van der Waals surface area contributed by atoms with Crippen LogP contribution in [0.1, 0.15) is 53.5 Å². The lowest BCUT2D eigenvalue weighted by molar-refractivity contribution is -0.141. The van der Waals surface area contributed by atoms with Gasteiger partial charge in [-0.1, -0.05) is 6.07 Å². The van der Waals surface area contributed by atoms with Crippen LogP contribution >= 0.6 is 0 Å². The van der Waals surface area contributed by atoms with Gasteiger partial charge in [-0.15, -0.1) is 0 Å². The Morgan fingerprint density at radius 2 is 1.90 bits per heavy atom. The van der Waals surface area contributed by atoms with Gasteiger partial charge in [0.1, 0.15) is 17.7 Å². The van der Waals surface area contributed by atoms with Gasteiger partial charge < -0.3 is 10.1 Å². The predicted molar refractivity (Wildman–Crippen MR) is 103 cm³/mol. The number of nitrogens with one attached hydrogen (secondary N) is 1. The van der Waals surface area contributed by atoms with Gasteiger partial charge in [0.25, 0.3) is 5.91 Å². The molecule has 3 aromatic heterocycles. The highest BCUT2D eigenvalue weighted by atomic mass is 19.4. The molecule has 1 aliphatic carbocycles. The molecule has 4 rings (SSSR count). The van der Waals surface area contributed by atoms with Crippen molar-refractivity contribution in [3.05, 3.63) is 59.7 Å². The fraction of sp³-hybridized carbons (Fsp3) is 0.333. The van der Waals surface area contributed by atoms with Crippen molar-refractivity contribution in [2.75, 3.05) is 5.32 Å². The van der Waals surface area contributed by atoms with E-state index >= 15 is 0 Å². The quantitative estimate of drug-likeness (QED) is 0.637. The zero-order chi connectivity index (χ0) is 21.3. The zero-order valence-corrected chi connectivity index (χ0v) is 15.9. The maximum atomic E-state index is 12.8. The summed E-state index contributed by atoms with van der Waals surface area (Å²) in [6, 6.07) is 8.47. The molecule has 0 unspecified atom stereocenters. The molecule has 156 valence electrons. The molecule has 6 nitrogen and oxygen atoms in total. The topological polar surface area (TPSA) is 76.4 Å². The van der Waals surface area contributed by atoms with E-state index < -0.39 is 17.8 Å². The average Bonchev–Trinajstić information content (AvgIpc) is 3.16. The number of hydrogen-bond acceptors (Lipinski definition) is 4. The van der Waals surface area contributed by atoms with Crippen molar-refractivity contribution in [2.45, 2.75) is 37.8 Å². The van der Waals surface area contributed by atoms with Crippen molar-refractivity contribution in [3.63, 3.8) is 0 Å². The lowest BCUT2D eigenvalue weighted by atomic mass is 9.81. The summed E-state index contributed by atoms with van der Waals surface area (Å²) < 4.78 is 40.1. The summed E-state index contributed by atoms with van der Waals surface area (Å²) in [6.45, 7) is 0. The summed E-state index contributed by atoms with van der Waals surface area (Å²) in [4.78, 5) is 26.7. The van der Waals surface area contributed by atoms with E-state index in [2.05, 4.69) is 15.4 Å². The number of aldehydes is 1. The van der Waals surface area contributed by atoms with Gasteiger partial charge in [0.05, 0.1) is 11.2 Å². The van der Waals surface area contributed by atoms with Gasteiger partial charge >= 0.3 is 6.18 Å². The molecule has 1 N–H and O–H groups in total. The molecular formula is C21H19F3N4O2. The van der Waals surface area contributed by atoms with E-state index in [0.717, 1.165) is 55.3 Å². The van der Waals surface area contributed by atoms with Crippen LogP contribution < -0.4 is 5.32 Å². The number of anilines is 1. The number of aromatic nitrogens is 3. The highest BCUT2D eigenvalue weighted by Gasteiger charge is 2.33. The maximum Gasteiger partial charge on any atom is 0.433 e. The van der Waals surface area contributed by atoms with Crippen molar-refractivity contribution in [2.24, 2.45) is 5.92 Å². The molecular weight excluding hydrogens is 397 g/mol. The summed E-state index contributed by atoms with van der Waals surface area (Å²) in [5.41, 5.74) is 0.698. The van der Waals surface area contributed by atoms with Crippen LogP contribution in [0.15, 0.2) is 42.6 Å². The van der Waals surface area contributed by atoms with Crippen LogP contribution in [-0.2, 0) is 11.0 Å². The first-order chi connectivity index (χ1) is 14.3. The lowest BCUT2D eigenvalue weighted by Gasteiger charge is -2.23. The molecule has 1 saturated carbocycles. The zero-order valence-electron chi connectivity index (χ0n) is 15.9. The molecule has 1 amide bonds. The van der Waals surface area contributed by atoms with Gasteiger partial charge in [0, 0.05) is 23.7 Å². The number of rotatable bonds is 4. The van der Waals surface area contributed by atoms with Crippen LogP contribution in [0.5, 0.6) is 0 Å². The van der Waals surface area contributed by atoms with E-state index in [4.69, 9.17) is 0 Å². The largest absolute Gasteiger partial charge is 0.433 e. The first kappa shape index (κ1) is 20.1. The van der Waals surface area contributed by atoms with Crippen molar-refractivity contribution < 1.29 is 22.8 Å². The van der Waals surface area contributed by atoms with Gasteiger partial charge in [-0.2, -0.15) is 18.3 Å². The fourth-order valence-corrected chi connectivity index (χ4v) is 3.76. The van der Waals surface area contributed by atoms with Crippen LogP contribution in [0.25, 0.3) is 5.52 Å². The fourth-order valence-electron chi connectivity index (χ4n) is 3.76. The normalized spacial score (nSPS) is 19.6.